The van der Waals surface area contributed by atoms with E-state index < -0.39 is 58.2 Å². The van der Waals surface area contributed by atoms with Crippen molar-refractivity contribution in [3.05, 3.63) is 66.8 Å². The van der Waals surface area contributed by atoms with Crippen LogP contribution < -0.4 is 21.2 Å². The van der Waals surface area contributed by atoms with Crippen LogP contribution in [0.3, 0.4) is 0 Å². The Balaban J connectivity index is 0.000000248. The van der Waals surface area contributed by atoms with E-state index in [4.69, 9.17) is 0 Å². The molecule has 2 saturated carbocycles. The fraction of sp³-hybridized carbons (Fsp3) is 0.613. The van der Waals surface area contributed by atoms with E-state index in [1.807, 2.05) is 0 Å². The highest BCUT2D eigenvalue weighted by Crippen LogP contribution is 2.65. The van der Waals surface area contributed by atoms with E-state index in [-0.39, 0.29) is 50.8 Å². The molecule has 254 valence electrons. The van der Waals surface area contributed by atoms with E-state index in [2.05, 4.69) is 94.8 Å². The molecule has 0 radical (unpaired) electrons. The van der Waals surface area contributed by atoms with Crippen LogP contribution in [-0.4, -0.2) is 36.4 Å². The first-order valence-corrected chi connectivity index (χ1v) is 17.8. The van der Waals surface area contributed by atoms with Crippen LogP contribution in [0.5, 0.6) is 0 Å². The molecule has 2 aromatic carbocycles. The molecule has 0 N–H and O–H groups in total. The molecule has 0 saturated heterocycles. The van der Waals surface area contributed by atoms with Crippen molar-refractivity contribution in [2.24, 2.45) is 11.3 Å². The molecule has 0 heterocycles. The summed E-state index contributed by atoms with van der Waals surface area (Å²) in [5.74, 6) is -5.56. The maximum absolute atomic E-state index is 14.1. The fourth-order valence-electron chi connectivity index (χ4n) is 5.79. The minimum Gasteiger partial charge on any atom is -0.743 e. The van der Waals surface area contributed by atoms with Crippen LogP contribution in [0.4, 0.5) is 35.1 Å². The van der Waals surface area contributed by atoms with Gasteiger partial charge in [0.15, 0.2) is 17.3 Å². The number of fused-ring (bicyclic) bond motifs is 2. The molecule has 2 fully saturated rings. The summed E-state index contributed by atoms with van der Waals surface area (Å²) in [5.41, 5.74) is 1.03. The van der Waals surface area contributed by atoms with E-state index in [0.29, 0.717) is 0 Å². The van der Waals surface area contributed by atoms with E-state index in [9.17, 15) is 48.1 Å². The molecule has 2 bridgehead atoms. The smallest absolute Gasteiger partial charge is 0.438 e. The molecular weight excluding hydrogens is 747 g/mol. The predicted octanol–water partition coefficient (Wildman–Crippen LogP) is 5.95. The second-order valence-electron chi connectivity index (χ2n) is 13.7. The van der Waals surface area contributed by atoms with Crippen LogP contribution in [0.15, 0.2) is 48.5 Å². The second-order valence-corrected chi connectivity index (χ2v) is 17.9. The number of hydrogen-bond acceptors (Lipinski definition) is 4. The molecular formula is C31H37F8IO4S. The van der Waals surface area contributed by atoms with Crippen molar-refractivity contribution in [3.8, 4) is 0 Å². The summed E-state index contributed by atoms with van der Waals surface area (Å²) < 4.78 is 143. The van der Waals surface area contributed by atoms with E-state index >= 15 is 0 Å². The van der Waals surface area contributed by atoms with Gasteiger partial charge >= 0.3 is 44.6 Å². The Labute approximate surface area is 269 Å². The van der Waals surface area contributed by atoms with E-state index in [0.717, 1.165) is 0 Å². The number of hydrogen-bond donors (Lipinski definition) is 0. The molecule has 2 aromatic rings. The first-order chi connectivity index (χ1) is 20.2. The summed E-state index contributed by atoms with van der Waals surface area (Å²) in [6.45, 7) is 13.9. The lowest BCUT2D eigenvalue weighted by Crippen LogP contribution is -3.62. The maximum Gasteiger partial charge on any atom is 0.438 e. The molecule has 2 aliphatic carbocycles. The highest BCUT2D eigenvalue weighted by Gasteiger charge is 2.77. The molecule has 0 spiro atoms. The topological polar surface area (TPSA) is 66.4 Å². The highest BCUT2D eigenvalue weighted by atomic mass is 127. The van der Waals surface area contributed by atoms with Gasteiger partial charge in [-0.2, -0.15) is 35.1 Å². The fourth-order valence-corrected chi connectivity index (χ4v) is 10.1. The minimum atomic E-state index is -7.15. The quantitative estimate of drug-likeness (QED) is 0.189. The third-order valence-corrected chi connectivity index (χ3v) is 12.2. The normalized spacial score (nSPS) is 21.4. The van der Waals surface area contributed by atoms with E-state index in [1.54, 1.807) is 7.14 Å². The maximum atomic E-state index is 14.1. The molecule has 45 heavy (non-hydrogen) atoms. The Morgan fingerprint density at radius 2 is 1.13 bits per heavy atom. The Morgan fingerprint density at radius 3 is 1.47 bits per heavy atom. The minimum absolute atomic E-state index is 0.146. The van der Waals surface area contributed by atoms with Crippen LogP contribution in [0.2, 0.25) is 0 Å². The van der Waals surface area contributed by atoms with Crippen molar-refractivity contribution in [1.82, 2.24) is 0 Å². The van der Waals surface area contributed by atoms with Gasteiger partial charge in [0.2, 0.25) is 0 Å². The van der Waals surface area contributed by atoms with Crippen LogP contribution in [0.25, 0.3) is 0 Å². The largest absolute Gasteiger partial charge is 0.743 e. The van der Waals surface area contributed by atoms with Crippen molar-refractivity contribution in [3.63, 3.8) is 0 Å². The summed E-state index contributed by atoms with van der Waals surface area (Å²) in [6, 6.07) is 18.0. The monoisotopic (exact) mass is 784 g/mol. The molecule has 4 nitrogen and oxygen atoms in total. The summed E-state index contributed by atoms with van der Waals surface area (Å²) in [5, 5.41) is -6.65. The van der Waals surface area contributed by atoms with Gasteiger partial charge in [0.05, 0.1) is 0 Å². The van der Waals surface area contributed by atoms with Crippen LogP contribution in [-0.2, 0) is 25.7 Å². The molecule has 4 rings (SSSR count). The van der Waals surface area contributed by atoms with Crippen molar-refractivity contribution < 1.29 is 74.0 Å². The lowest BCUT2D eigenvalue weighted by atomic mass is 9.77. The average Bonchev–Trinajstić information content (AvgIpc) is 3.51. The number of halogens is 9. The zero-order valence-electron chi connectivity index (χ0n) is 25.7. The average molecular weight is 785 g/mol. The lowest BCUT2D eigenvalue weighted by molar-refractivity contribution is -0.599. The first kappa shape index (κ1) is 37.9. The van der Waals surface area contributed by atoms with Crippen molar-refractivity contribution >= 4 is 10.1 Å². The van der Waals surface area contributed by atoms with Gasteiger partial charge in [0, 0.05) is 16.5 Å². The predicted molar refractivity (Wildman–Crippen MR) is 147 cm³/mol. The molecule has 0 atom stereocenters. The van der Waals surface area contributed by atoms with Crippen molar-refractivity contribution in [2.45, 2.75) is 108 Å². The van der Waals surface area contributed by atoms with Crippen LogP contribution >= 0.6 is 0 Å². The van der Waals surface area contributed by atoms with Crippen molar-refractivity contribution in [1.29, 1.82) is 0 Å². The van der Waals surface area contributed by atoms with Gasteiger partial charge in [-0.25, -0.2) is 13.2 Å². The van der Waals surface area contributed by atoms with Crippen LogP contribution in [0.1, 0.15) is 84.8 Å². The van der Waals surface area contributed by atoms with Gasteiger partial charge < -0.3 is 4.55 Å². The van der Waals surface area contributed by atoms with Crippen LogP contribution in [0, 0.1) is 18.5 Å². The van der Waals surface area contributed by atoms with Gasteiger partial charge in [-0.3, -0.25) is 0 Å². The van der Waals surface area contributed by atoms with Gasteiger partial charge in [-0.1, -0.05) is 77.9 Å². The lowest BCUT2D eigenvalue weighted by Gasteiger charge is -2.41. The zero-order chi connectivity index (χ0) is 34.5. The third kappa shape index (κ3) is 7.64. The SMILES string of the molecule is CC(C)(C)c1ccccc1[I+]c1ccccc1C(C)(C)C.O=S(=O)([O-])C(F)(F)C(F)(F)OC(F)(F)C(F)(F)C12CCC(CC1)C2. The Bertz CT molecular complexity index is 1400. The van der Waals surface area contributed by atoms with Gasteiger partial charge in [0.1, 0.15) is 0 Å². The number of alkyl halides is 8. The first-order valence-electron chi connectivity index (χ1n) is 14.2. The molecule has 14 heteroatoms. The summed E-state index contributed by atoms with van der Waals surface area (Å²) >= 11 is -0.147. The van der Waals surface area contributed by atoms with Gasteiger partial charge in [-0.15, -0.1) is 0 Å². The summed E-state index contributed by atoms with van der Waals surface area (Å²) in [6.07, 6.45) is -13.8. The van der Waals surface area contributed by atoms with Gasteiger partial charge in [0.25, 0.3) is 0 Å². The van der Waals surface area contributed by atoms with Gasteiger partial charge in [-0.05, 0) is 61.0 Å². The zero-order valence-corrected chi connectivity index (χ0v) is 28.6. The molecule has 0 amide bonds. The van der Waals surface area contributed by atoms with E-state index in [1.165, 1.54) is 11.1 Å². The second kappa shape index (κ2) is 12.5. The molecule has 2 aliphatic rings. The summed E-state index contributed by atoms with van der Waals surface area (Å²) in [4.78, 5) is 0. The third-order valence-electron chi connectivity index (χ3n) is 8.25. The molecule has 0 aliphatic heterocycles. The number of benzene rings is 2. The standard InChI is InChI=1S/C20H26I.C11H12F8O4S/c1-19(2,3)15-11-7-9-13-17(15)21-18-14-10-8-12-16(18)20(4,5)6;12-8(13,7-3-1-6(5-7)2-4-7)9(14,15)23-10(16,17)11(18,19)24(20,21)22/h7-14H,1-6H3;6H,1-5H2,(H,20,21,22)/q+1;/p-1. The highest BCUT2D eigenvalue weighted by molar-refractivity contribution is 7.86. The summed E-state index contributed by atoms with van der Waals surface area (Å²) in [7, 11) is -7.15. The van der Waals surface area contributed by atoms with Crippen molar-refractivity contribution in [2.75, 3.05) is 0 Å². The Kier molecular flexibility index (Phi) is 10.5. The molecule has 0 unspecified atom stereocenters. The number of ether oxygens (including phenoxy) is 1. The molecule has 0 aromatic heterocycles. The number of rotatable bonds is 8. The Hall–Kier alpha value is -1.52. The Morgan fingerprint density at radius 1 is 0.733 bits per heavy atom.